The second-order valence-electron chi connectivity index (χ2n) is 5.15. The van der Waals surface area contributed by atoms with Crippen molar-refractivity contribution in [3.8, 4) is 0 Å². The summed E-state index contributed by atoms with van der Waals surface area (Å²) in [5.41, 5.74) is 0.513. The number of halogens is 1. The van der Waals surface area contributed by atoms with Gasteiger partial charge in [-0.25, -0.2) is 9.69 Å². The lowest BCUT2D eigenvalue weighted by Gasteiger charge is -2.23. The zero-order valence-corrected chi connectivity index (χ0v) is 11.2. The van der Waals surface area contributed by atoms with Gasteiger partial charge in [0.1, 0.15) is 5.60 Å². The topological polar surface area (TPSA) is 46.6 Å². The van der Waals surface area contributed by atoms with Crippen LogP contribution in [0.5, 0.6) is 0 Å². The molecular formula is C13H14ClNO3. The van der Waals surface area contributed by atoms with Crippen LogP contribution >= 0.6 is 11.6 Å². The minimum Gasteiger partial charge on any atom is -0.443 e. The number of fused-ring (bicyclic) bond motifs is 1. The Hall–Kier alpha value is -1.55. The predicted molar refractivity (Wildman–Crippen MR) is 67.6 cm³/mol. The average Bonchev–Trinajstić information content (AvgIpc) is 2.55. The van der Waals surface area contributed by atoms with Crippen molar-refractivity contribution in [3.63, 3.8) is 0 Å². The zero-order chi connectivity index (χ0) is 13.5. The minimum absolute atomic E-state index is 0.212. The van der Waals surface area contributed by atoms with Crippen LogP contribution in [0.25, 0.3) is 0 Å². The van der Waals surface area contributed by atoms with E-state index in [-0.39, 0.29) is 6.54 Å². The van der Waals surface area contributed by atoms with Gasteiger partial charge in [0.05, 0.1) is 17.1 Å². The Morgan fingerprint density at radius 3 is 2.61 bits per heavy atom. The number of rotatable bonds is 0. The second-order valence-corrected chi connectivity index (χ2v) is 5.55. The second kappa shape index (κ2) is 4.28. The number of imide groups is 1. The number of benzene rings is 1. The van der Waals surface area contributed by atoms with Crippen LogP contribution in [0.4, 0.5) is 4.79 Å². The molecular weight excluding hydrogens is 254 g/mol. The summed E-state index contributed by atoms with van der Waals surface area (Å²) in [4.78, 5) is 25.0. The molecule has 5 heteroatoms. The van der Waals surface area contributed by atoms with E-state index in [4.69, 9.17) is 16.3 Å². The molecule has 2 rings (SSSR count). The van der Waals surface area contributed by atoms with Crippen molar-refractivity contribution in [1.82, 2.24) is 4.90 Å². The molecule has 0 saturated heterocycles. The first-order valence-electron chi connectivity index (χ1n) is 5.62. The quantitative estimate of drug-likeness (QED) is 0.725. The van der Waals surface area contributed by atoms with Crippen LogP contribution in [0.3, 0.4) is 0 Å². The normalized spacial score (nSPS) is 14.7. The third-order valence-corrected chi connectivity index (χ3v) is 2.82. The third kappa shape index (κ3) is 2.34. The SMILES string of the molecule is CC(C)(C)OC(=O)N1Cc2cccc(Cl)c2C1=O. The highest BCUT2D eigenvalue weighted by Crippen LogP contribution is 2.29. The highest BCUT2D eigenvalue weighted by Gasteiger charge is 2.36. The van der Waals surface area contributed by atoms with Crippen LogP contribution in [0.2, 0.25) is 5.02 Å². The smallest absolute Gasteiger partial charge is 0.417 e. The first-order chi connectivity index (χ1) is 8.29. The van der Waals surface area contributed by atoms with Crippen molar-refractivity contribution < 1.29 is 14.3 Å². The van der Waals surface area contributed by atoms with E-state index in [1.54, 1.807) is 39.0 Å². The number of hydrogen-bond donors (Lipinski definition) is 0. The highest BCUT2D eigenvalue weighted by molar-refractivity contribution is 6.34. The van der Waals surface area contributed by atoms with E-state index in [9.17, 15) is 9.59 Å². The van der Waals surface area contributed by atoms with Crippen molar-refractivity contribution >= 4 is 23.6 Å². The summed E-state index contributed by atoms with van der Waals surface area (Å²) in [6, 6.07) is 5.17. The molecule has 18 heavy (non-hydrogen) atoms. The lowest BCUT2D eigenvalue weighted by Crippen LogP contribution is -2.36. The van der Waals surface area contributed by atoms with Crippen molar-refractivity contribution in [1.29, 1.82) is 0 Å². The Balaban J connectivity index is 2.25. The fraction of sp³-hybridized carbons (Fsp3) is 0.385. The van der Waals surface area contributed by atoms with Gasteiger partial charge in [-0.1, -0.05) is 23.7 Å². The highest BCUT2D eigenvalue weighted by atomic mass is 35.5. The predicted octanol–water partition coefficient (Wildman–Crippen LogP) is 3.23. The van der Waals surface area contributed by atoms with Crippen LogP contribution in [0, 0.1) is 0 Å². The summed E-state index contributed by atoms with van der Waals surface area (Å²) in [6.45, 7) is 5.48. The number of ether oxygens (including phenoxy) is 1. The standard InChI is InChI=1S/C13H14ClNO3/c1-13(2,3)18-12(17)15-7-8-5-4-6-9(14)10(8)11(15)16/h4-6H,7H2,1-3H3. The van der Waals surface area contributed by atoms with Crippen LogP contribution in [0.1, 0.15) is 36.7 Å². The molecule has 1 heterocycles. The number of carbonyl (C=O) groups excluding carboxylic acids is 2. The molecule has 0 aromatic heterocycles. The van der Waals surface area contributed by atoms with Crippen molar-refractivity contribution in [2.75, 3.05) is 0 Å². The van der Waals surface area contributed by atoms with E-state index >= 15 is 0 Å². The summed E-state index contributed by atoms with van der Waals surface area (Å²) < 4.78 is 5.19. The molecule has 1 aliphatic rings. The Morgan fingerprint density at radius 1 is 1.39 bits per heavy atom. The third-order valence-electron chi connectivity index (χ3n) is 2.50. The molecule has 0 bridgehead atoms. The Morgan fingerprint density at radius 2 is 2.06 bits per heavy atom. The van der Waals surface area contributed by atoms with Gasteiger partial charge in [0, 0.05) is 0 Å². The number of carbonyl (C=O) groups is 2. The Bertz CT molecular complexity index is 519. The van der Waals surface area contributed by atoms with Crippen molar-refractivity contribution in [3.05, 3.63) is 34.3 Å². The van der Waals surface area contributed by atoms with Crippen LogP contribution in [0.15, 0.2) is 18.2 Å². The molecule has 2 amide bonds. The Labute approximate surface area is 110 Å². The molecule has 0 spiro atoms. The maximum Gasteiger partial charge on any atom is 0.417 e. The van der Waals surface area contributed by atoms with E-state index in [0.29, 0.717) is 10.6 Å². The maximum atomic E-state index is 12.1. The summed E-state index contributed by atoms with van der Waals surface area (Å²) in [6.07, 6.45) is -0.639. The van der Waals surface area contributed by atoms with E-state index in [1.807, 2.05) is 0 Å². The molecule has 0 radical (unpaired) electrons. The van der Waals surface area contributed by atoms with Gasteiger partial charge >= 0.3 is 6.09 Å². The van der Waals surface area contributed by atoms with Gasteiger partial charge in [-0.15, -0.1) is 0 Å². The fourth-order valence-electron chi connectivity index (χ4n) is 1.78. The molecule has 1 aromatic rings. The van der Waals surface area contributed by atoms with Gasteiger partial charge in [0.2, 0.25) is 0 Å². The van der Waals surface area contributed by atoms with Gasteiger partial charge in [-0.3, -0.25) is 4.79 Å². The molecule has 0 fully saturated rings. The molecule has 0 N–H and O–H groups in total. The van der Waals surface area contributed by atoms with Gasteiger partial charge in [0.15, 0.2) is 0 Å². The number of nitrogens with zero attached hydrogens (tertiary/aromatic N) is 1. The first-order valence-corrected chi connectivity index (χ1v) is 5.99. The number of amides is 2. The molecule has 1 aliphatic heterocycles. The van der Waals surface area contributed by atoms with Crippen LogP contribution < -0.4 is 0 Å². The van der Waals surface area contributed by atoms with E-state index in [0.717, 1.165) is 10.5 Å². The molecule has 0 aliphatic carbocycles. The first kappa shape index (κ1) is 12.9. The lowest BCUT2D eigenvalue weighted by atomic mass is 10.1. The molecule has 0 atom stereocenters. The largest absolute Gasteiger partial charge is 0.443 e. The average molecular weight is 268 g/mol. The number of hydrogen-bond acceptors (Lipinski definition) is 3. The van der Waals surface area contributed by atoms with Gasteiger partial charge < -0.3 is 4.74 Å². The molecule has 0 saturated carbocycles. The maximum absolute atomic E-state index is 12.1. The molecule has 1 aromatic carbocycles. The fourth-order valence-corrected chi connectivity index (χ4v) is 2.06. The monoisotopic (exact) mass is 267 g/mol. The summed E-state index contributed by atoms with van der Waals surface area (Å²) >= 11 is 5.97. The van der Waals surface area contributed by atoms with Gasteiger partial charge in [-0.2, -0.15) is 0 Å². The molecule has 96 valence electrons. The zero-order valence-electron chi connectivity index (χ0n) is 10.5. The summed E-state index contributed by atoms with van der Waals surface area (Å²) in [7, 11) is 0. The Kier molecular flexibility index (Phi) is 3.07. The van der Waals surface area contributed by atoms with Crippen molar-refractivity contribution in [2.24, 2.45) is 0 Å². The summed E-state index contributed by atoms with van der Waals surface area (Å²) in [5, 5.41) is 0.364. The minimum atomic E-state index is -0.639. The summed E-state index contributed by atoms with van der Waals surface area (Å²) in [5.74, 6) is -0.398. The van der Waals surface area contributed by atoms with E-state index in [1.165, 1.54) is 0 Å². The van der Waals surface area contributed by atoms with Gasteiger partial charge in [0.25, 0.3) is 5.91 Å². The van der Waals surface area contributed by atoms with Crippen LogP contribution in [-0.2, 0) is 11.3 Å². The van der Waals surface area contributed by atoms with Gasteiger partial charge in [-0.05, 0) is 32.4 Å². The van der Waals surface area contributed by atoms with E-state index in [2.05, 4.69) is 0 Å². The molecule has 0 unspecified atom stereocenters. The van der Waals surface area contributed by atoms with Crippen LogP contribution in [-0.4, -0.2) is 22.5 Å². The lowest BCUT2D eigenvalue weighted by molar-refractivity contribution is 0.0248. The molecule has 4 nitrogen and oxygen atoms in total. The van der Waals surface area contributed by atoms with E-state index < -0.39 is 17.6 Å². The van der Waals surface area contributed by atoms with Crippen molar-refractivity contribution in [2.45, 2.75) is 32.9 Å².